The van der Waals surface area contributed by atoms with E-state index >= 15 is 0 Å². The second kappa shape index (κ2) is 6.78. The lowest BCUT2D eigenvalue weighted by Crippen LogP contribution is -2.39. The van der Waals surface area contributed by atoms with E-state index in [0.717, 1.165) is 18.7 Å². The molecule has 0 bridgehead atoms. The first kappa shape index (κ1) is 16.7. The van der Waals surface area contributed by atoms with E-state index < -0.39 is 5.60 Å². The normalized spacial score (nSPS) is 18.0. The first-order chi connectivity index (χ1) is 11.4. The van der Waals surface area contributed by atoms with Crippen molar-refractivity contribution >= 4 is 5.97 Å². The molecule has 1 atom stereocenters. The predicted octanol–water partition coefficient (Wildman–Crippen LogP) is 4.13. The van der Waals surface area contributed by atoms with E-state index in [0.29, 0.717) is 6.54 Å². The number of hydrogen-bond acceptors (Lipinski definition) is 3. The molecule has 1 aliphatic rings. The standard InChI is InChI=1S/C21H25NO2/c1-21(2,3)24-20(23)19-15-22(13-16-9-5-4-6-10-16)14-17-11-7-8-12-18(17)19/h4-12,19H,13-15H2,1-3H3. The number of rotatable bonds is 3. The van der Waals surface area contributed by atoms with Gasteiger partial charge in [-0.3, -0.25) is 9.69 Å². The number of benzene rings is 2. The molecule has 0 spiro atoms. The first-order valence-corrected chi connectivity index (χ1v) is 8.49. The van der Waals surface area contributed by atoms with Crippen LogP contribution >= 0.6 is 0 Å². The summed E-state index contributed by atoms with van der Waals surface area (Å²) in [5.41, 5.74) is 3.12. The molecule has 2 aromatic rings. The summed E-state index contributed by atoms with van der Waals surface area (Å²) in [6.45, 7) is 8.16. The van der Waals surface area contributed by atoms with Gasteiger partial charge < -0.3 is 4.74 Å². The molecule has 24 heavy (non-hydrogen) atoms. The van der Waals surface area contributed by atoms with E-state index in [1.807, 2.05) is 39.0 Å². The van der Waals surface area contributed by atoms with Crippen molar-refractivity contribution in [2.24, 2.45) is 0 Å². The molecule has 1 unspecified atom stereocenters. The van der Waals surface area contributed by atoms with Crippen molar-refractivity contribution in [3.63, 3.8) is 0 Å². The first-order valence-electron chi connectivity index (χ1n) is 8.49. The maximum absolute atomic E-state index is 12.7. The lowest BCUT2D eigenvalue weighted by Gasteiger charge is -2.35. The smallest absolute Gasteiger partial charge is 0.315 e. The second-order valence-corrected chi connectivity index (χ2v) is 7.44. The van der Waals surface area contributed by atoms with Crippen molar-refractivity contribution in [1.29, 1.82) is 0 Å². The maximum atomic E-state index is 12.7. The Bertz CT molecular complexity index is 703. The third-order valence-electron chi connectivity index (χ3n) is 4.21. The Balaban J connectivity index is 1.83. The van der Waals surface area contributed by atoms with Crippen LogP contribution in [0.25, 0.3) is 0 Å². The summed E-state index contributed by atoms with van der Waals surface area (Å²) >= 11 is 0. The SMILES string of the molecule is CC(C)(C)OC(=O)C1CN(Cc2ccccc2)Cc2ccccc21. The van der Waals surface area contributed by atoms with E-state index in [-0.39, 0.29) is 11.9 Å². The van der Waals surface area contributed by atoms with Crippen LogP contribution in [0.2, 0.25) is 0 Å². The number of hydrogen-bond donors (Lipinski definition) is 0. The number of nitrogens with zero attached hydrogens (tertiary/aromatic N) is 1. The van der Waals surface area contributed by atoms with Crippen LogP contribution in [0.5, 0.6) is 0 Å². The summed E-state index contributed by atoms with van der Waals surface area (Å²) in [4.78, 5) is 15.1. The van der Waals surface area contributed by atoms with Gasteiger partial charge in [0, 0.05) is 19.6 Å². The van der Waals surface area contributed by atoms with Gasteiger partial charge in [-0.15, -0.1) is 0 Å². The number of ether oxygens (including phenoxy) is 1. The molecule has 0 aliphatic carbocycles. The minimum Gasteiger partial charge on any atom is -0.459 e. The fraction of sp³-hybridized carbons (Fsp3) is 0.381. The van der Waals surface area contributed by atoms with Gasteiger partial charge in [-0.25, -0.2) is 0 Å². The van der Waals surface area contributed by atoms with Gasteiger partial charge in [-0.2, -0.15) is 0 Å². The average molecular weight is 323 g/mol. The van der Waals surface area contributed by atoms with Crippen molar-refractivity contribution in [2.45, 2.75) is 45.4 Å². The van der Waals surface area contributed by atoms with E-state index in [4.69, 9.17) is 4.74 Å². The molecule has 1 heterocycles. The molecule has 0 fully saturated rings. The van der Waals surface area contributed by atoms with E-state index in [9.17, 15) is 4.79 Å². The molecular formula is C21H25NO2. The lowest BCUT2D eigenvalue weighted by molar-refractivity contribution is -0.157. The van der Waals surface area contributed by atoms with Crippen molar-refractivity contribution in [3.05, 3.63) is 71.3 Å². The molecule has 126 valence electrons. The van der Waals surface area contributed by atoms with Crippen molar-refractivity contribution in [1.82, 2.24) is 4.90 Å². The Morgan fingerprint density at radius 3 is 2.46 bits per heavy atom. The highest BCUT2D eigenvalue weighted by molar-refractivity contribution is 5.79. The molecular weight excluding hydrogens is 298 g/mol. The van der Waals surface area contributed by atoms with Gasteiger partial charge in [0.2, 0.25) is 0 Å². The highest BCUT2D eigenvalue weighted by atomic mass is 16.6. The third-order valence-corrected chi connectivity index (χ3v) is 4.21. The third kappa shape index (κ3) is 4.04. The van der Waals surface area contributed by atoms with Crippen LogP contribution < -0.4 is 0 Å². The van der Waals surface area contributed by atoms with Gasteiger partial charge in [0.25, 0.3) is 0 Å². The molecule has 0 saturated heterocycles. The highest BCUT2D eigenvalue weighted by Gasteiger charge is 2.33. The van der Waals surface area contributed by atoms with E-state index in [1.54, 1.807) is 0 Å². The monoisotopic (exact) mass is 323 g/mol. The minimum absolute atomic E-state index is 0.132. The summed E-state index contributed by atoms with van der Waals surface area (Å²) < 4.78 is 5.67. The summed E-state index contributed by atoms with van der Waals surface area (Å²) in [7, 11) is 0. The lowest BCUT2D eigenvalue weighted by atomic mass is 9.89. The zero-order valence-electron chi connectivity index (χ0n) is 14.7. The van der Waals surface area contributed by atoms with Gasteiger partial charge in [0.05, 0.1) is 5.92 Å². The van der Waals surface area contributed by atoms with E-state index in [1.165, 1.54) is 11.1 Å². The molecule has 0 saturated carbocycles. The van der Waals surface area contributed by atoms with Gasteiger partial charge >= 0.3 is 5.97 Å². The molecule has 0 N–H and O–H groups in total. The quantitative estimate of drug-likeness (QED) is 0.796. The van der Waals surface area contributed by atoms with Gasteiger partial charge in [-0.1, -0.05) is 54.6 Å². The summed E-state index contributed by atoms with van der Waals surface area (Å²) in [6, 6.07) is 18.6. The minimum atomic E-state index is -0.465. The largest absolute Gasteiger partial charge is 0.459 e. The van der Waals surface area contributed by atoms with Crippen LogP contribution in [0, 0.1) is 0 Å². The number of carbonyl (C=O) groups is 1. The molecule has 0 aromatic heterocycles. The molecule has 3 rings (SSSR count). The molecule has 0 amide bonds. The van der Waals surface area contributed by atoms with Crippen LogP contribution in [0.1, 0.15) is 43.4 Å². The van der Waals surface area contributed by atoms with Gasteiger partial charge in [-0.05, 0) is 37.5 Å². The van der Waals surface area contributed by atoms with Crippen LogP contribution in [0.15, 0.2) is 54.6 Å². The average Bonchev–Trinajstić information content (AvgIpc) is 2.53. The van der Waals surface area contributed by atoms with Crippen LogP contribution in [0.3, 0.4) is 0 Å². The zero-order chi connectivity index (χ0) is 17.2. The number of esters is 1. The zero-order valence-corrected chi connectivity index (χ0v) is 14.7. The molecule has 2 aromatic carbocycles. The second-order valence-electron chi connectivity index (χ2n) is 7.44. The van der Waals surface area contributed by atoms with E-state index in [2.05, 4.69) is 41.3 Å². The Kier molecular flexibility index (Phi) is 4.72. The summed E-state index contributed by atoms with van der Waals surface area (Å²) in [5.74, 6) is -0.356. The summed E-state index contributed by atoms with van der Waals surface area (Å²) in [6.07, 6.45) is 0. The van der Waals surface area contributed by atoms with Crippen LogP contribution in [-0.4, -0.2) is 23.0 Å². The van der Waals surface area contributed by atoms with Gasteiger partial charge in [0.15, 0.2) is 0 Å². The molecule has 1 aliphatic heterocycles. The topological polar surface area (TPSA) is 29.5 Å². The molecule has 0 radical (unpaired) electrons. The molecule has 3 heteroatoms. The number of carbonyl (C=O) groups excluding carboxylic acids is 1. The Labute approximate surface area is 144 Å². The van der Waals surface area contributed by atoms with Gasteiger partial charge in [0.1, 0.15) is 5.60 Å². The van der Waals surface area contributed by atoms with Crippen molar-refractivity contribution in [2.75, 3.05) is 6.54 Å². The highest BCUT2D eigenvalue weighted by Crippen LogP contribution is 2.31. The summed E-state index contributed by atoms with van der Waals surface area (Å²) in [5, 5.41) is 0. The Hall–Kier alpha value is -2.13. The maximum Gasteiger partial charge on any atom is 0.315 e. The molecule has 3 nitrogen and oxygen atoms in total. The fourth-order valence-corrected chi connectivity index (χ4v) is 3.22. The fourth-order valence-electron chi connectivity index (χ4n) is 3.22. The number of fused-ring (bicyclic) bond motifs is 1. The predicted molar refractivity (Wildman–Crippen MR) is 95.6 cm³/mol. The van der Waals surface area contributed by atoms with Crippen LogP contribution in [0.4, 0.5) is 0 Å². The van der Waals surface area contributed by atoms with Crippen molar-refractivity contribution in [3.8, 4) is 0 Å². The van der Waals surface area contributed by atoms with Crippen LogP contribution in [-0.2, 0) is 22.6 Å². The Morgan fingerprint density at radius 2 is 1.75 bits per heavy atom. The van der Waals surface area contributed by atoms with Crippen molar-refractivity contribution < 1.29 is 9.53 Å². The Morgan fingerprint density at radius 1 is 1.08 bits per heavy atom.